The van der Waals surface area contributed by atoms with Gasteiger partial charge in [-0.1, -0.05) is 34.8 Å². The molecule has 3 rings (SSSR count). The lowest BCUT2D eigenvalue weighted by Crippen LogP contribution is -2.20. The second kappa shape index (κ2) is 6.02. The van der Waals surface area contributed by atoms with Crippen molar-refractivity contribution in [3.63, 3.8) is 0 Å². The maximum atomic E-state index is 12.0. The Balaban J connectivity index is 1.96. The van der Waals surface area contributed by atoms with E-state index in [1.54, 1.807) is 23.6 Å². The minimum absolute atomic E-state index is 0.0448. The van der Waals surface area contributed by atoms with Gasteiger partial charge >= 0.3 is 0 Å². The first-order valence-electron chi connectivity index (χ1n) is 6.16. The summed E-state index contributed by atoms with van der Waals surface area (Å²) in [6.45, 7) is 0. The molecule has 1 aliphatic heterocycles. The zero-order chi connectivity index (χ0) is 15.9. The summed E-state index contributed by atoms with van der Waals surface area (Å²) in [6.07, 6.45) is 0.335. The zero-order valence-corrected chi connectivity index (χ0v) is 14.8. The minimum Gasteiger partial charge on any atom is -0.275 e. The molecule has 0 aliphatic carbocycles. The highest BCUT2D eigenvalue weighted by atomic mass is 35.5. The fourth-order valence-electron chi connectivity index (χ4n) is 2.10. The lowest BCUT2D eigenvalue weighted by molar-refractivity contribution is 0.597. The Morgan fingerprint density at radius 2 is 1.86 bits per heavy atom. The summed E-state index contributed by atoms with van der Waals surface area (Å²) < 4.78 is 24.3. The molecule has 0 bridgehead atoms. The summed E-state index contributed by atoms with van der Waals surface area (Å²) in [5.74, 6) is 0.0448. The highest BCUT2D eigenvalue weighted by molar-refractivity contribution is 7.93. The first kappa shape index (κ1) is 16.1. The number of fused-ring (bicyclic) bond motifs is 1. The molecule has 0 fully saturated rings. The summed E-state index contributed by atoms with van der Waals surface area (Å²) >= 11 is 19.2. The second-order valence-corrected chi connectivity index (χ2v) is 9.08. The van der Waals surface area contributed by atoms with Crippen molar-refractivity contribution in [2.75, 3.05) is 11.2 Å². The molecule has 1 aliphatic rings. The lowest BCUT2D eigenvalue weighted by atomic mass is 10.1. The van der Waals surface area contributed by atoms with Crippen LogP contribution in [0.2, 0.25) is 15.1 Å². The van der Waals surface area contributed by atoms with E-state index in [0.717, 1.165) is 0 Å². The number of hydrazone groups is 1. The smallest absolute Gasteiger partial charge is 0.188 e. The normalized spacial score (nSPS) is 18.2. The van der Waals surface area contributed by atoms with Crippen LogP contribution in [0.3, 0.4) is 0 Å². The topological polar surface area (TPSA) is 58.5 Å². The highest BCUT2D eigenvalue weighted by Gasteiger charge is 2.29. The molecule has 0 amide bonds. The molecule has 4 nitrogen and oxygen atoms in total. The average Bonchev–Trinajstić information content (AvgIpc) is 2.90. The van der Waals surface area contributed by atoms with E-state index in [1.807, 2.05) is 0 Å². The molecular weight excluding hydrogens is 387 g/mol. The van der Waals surface area contributed by atoms with Gasteiger partial charge in [-0.3, -0.25) is 5.43 Å². The maximum Gasteiger partial charge on any atom is 0.188 e. The van der Waals surface area contributed by atoms with Crippen LogP contribution < -0.4 is 5.43 Å². The van der Waals surface area contributed by atoms with Crippen LogP contribution >= 0.6 is 46.1 Å². The van der Waals surface area contributed by atoms with Crippen LogP contribution in [0.5, 0.6) is 0 Å². The highest BCUT2D eigenvalue weighted by Crippen LogP contribution is 2.34. The standard InChI is InChI=1S/C13H9Cl3N2O2S2/c14-7-5-9(15)12(10(16)6-7)18-17-11-2-4-22(19,20)13-8(11)1-3-21-13/h1,3,5-6,18H,2,4H2. The van der Waals surface area contributed by atoms with Gasteiger partial charge in [0, 0.05) is 17.0 Å². The Labute approximate surface area is 146 Å². The van der Waals surface area contributed by atoms with Crippen molar-refractivity contribution in [3.05, 3.63) is 44.2 Å². The Kier molecular flexibility index (Phi) is 4.40. The quantitative estimate of drug-likeness (QED) is 0.750. The van der Waals surface area contributed by atoms with Crippen molar-refractivity contribution in [3.8, 4) is 0 Å². The van der Waals surface area contributed by atoms with Gasteiger partial charge in [0.1, 0.15) is 4.21 Å². The van der Waals surface area contributed by atoms with Gasteiger partial charge in [0.15, 0.2) is 9.84 Å². The molecule has 2 heterocycles. The largest absolute Gasteiger partial charge is 0.275 e. The van der Waals surface area contributed by atoms with Crippen molar-refractivity contribution in [2.24, 2.45) is 5.10 Å². The number of benzene rings is 1. The fraction of sp³-hybridized carbons (Fsp3) is 0.154. The van der Waals surface area contributed by atoms with E-state index >= 15 is 0 Å². The van der Waals surface area contributed by atoms with Gasteiger partial charge < -0.3 is 0 Å². The zero-order valence-electron chi connectivity index (χ0n) is 10.9. The monoisotopic (exact) mass is 394 g/mol. The summed E-state index contributed by atoms with van der Waals surface area (Å²) in [5.41, 5.74) is 4.54. The number of anilines is 1. The average molecular weight is 396 g/mol. The predicted octanol–water partition coefficient (Wildman–Crippen LogP) is 4.70. The van der Waals surface area contributed by atoms with Crippen molar-refractivity contribution >= 4 is 67.4 Å². The number of hydrogen-bond acceptors (Lipinski definition) is 5. The number of nitrogens with zero attached hydrogens (tertiary/aromatic N) is 1. The second-order valence-electron chi connectivity index (χ2n) is 4.61. The lowest BCUT2D eigenvalue weighted by Gasteiger charge is -2.15. The van der Waals surface area contributed by atoms with E-state index in [-0.39, 0.29) is 5.75 Å². The molecule has 0 saturated carbocycles. The van der Waals surface area contributed by atoms with Gasteiger partial charge in [0.2, 0.25) is 0 Å². The van der Waals surface area contributed by atoms with Gasteiger partial charge in [0.05, 0.1) is 27.2 Å². The van der Waals surface area contributed by atoms with Crippen LogP contribution in [0.25, 0.3) is 0 Å². The molecule has 0 unspecified atom stereocenters. The van der Waals surface area contributed by atoms with Crippen LogP contribution in [0.4, 0.5) is 5.69 Å². The molecule has 116 valence electrons. The summed E-state index contributed by atoms with van der Waals surface area (Å²) in [4.78, 5) is 0. The number of hydrogen-bond donors (Lipinski definition) is 1. The molecule has 0 saturated heterocycles. The third-order valence-electron chi connectivity index (χ3n) is 3.14. The van der Waals surface area contributed by atoms with Crippen molar-refractivity contribution < 1.29 is 8.42 Å². The van der Waals surface area contributed by atoms with Crippen LogP contribution in [0, 0.1) is 0 Å². The maximum absolute atomic E-state index is 12.0. The van der Waals surface area contributed by atoms with Gasteiger partial charge in [-0.25, -0.2) is 8.42 Å². The first-order valence-corrected chi connectivity index (χ1v) is 9.83. The van der Waals surface area contributed by atoms with Gasteiger partial charge in [-0.15, -0.1) is 11.3 Å². The molecule has 1 N–H and O–H groups in total. The number of nitrogens with one attached hydrogen (secondary N) is 1. The van der Waals surface area contributed by atoms with E-state index in [2.05, 4.69) is 10.5 Å². The van der Waals surface area contributed by atoms with Crippen molar-refractivity contribution in [2.45, 2.75) is 10.6 Å². The number of sulfone groups is 1. The van der Waals surface area contributed by atoms with E-state index in [1.165, 1.54) is 11.3 Å². The Morgan fingerprint density at radius 1 is 1.18 bits per heavy atom. The van der Waals surface area contributed by atoms with Crippen LogP contribution in [0.1, 0.15) is 12.0 Å². The van der Waals surface area contributed by atoms with E-state index < -0.39 is 9.84 Å². The van der Waals surface area contributed by atoms with Crippen LogP contribution in [0.15, 0.2) is 32.9 Å². The first-order chi connectivity index (χ1) is 10.4. The van der Waals surface area contributed by atoms with Crippen molar-refractivity contribution in [1.29, 1.82) is 0 Å². The molecule has 9 heteroatoms. The third-order valence-corrected chi connectivity index (χ3v) is 7.24. The van der Waals surface area contributed by atoms with Gasteiger partial charge in [0.25, 0.3) is 0 Å². The van der Waals surface area contributed by atoms with Crippen molar-refractivity contribution in [1.82, 2.24) is 0 Å². The molecule has 0 radical (unpaired) electrons. The third kappa shape index (κ3) is 2.98. The minimum atomic E-state index is -3.20. The summed E-state index contributed by atoms with van der Waals surface area (Å²) in [6, 6.07) is 4.86. The molecule has 22 heavy (non-hydrogen) atoms. The molecule has 0 spiro atoms. The molecular formula is C13H9Cl3N2O2S2. The number of halogens is 3. The van der Waals surface area contributed by atoms with Gasteiger partial charge in [-0.2, -0.15) is 5.10 Å². The van der Waals surface area contributed by atoms with Crippen LogP contribution in [-0.2, 0) is 9.84 Å². The summed E-state index contributed by atoms with van der Waals surface area (Å²) in [5, 5.41) is 7.14. The van der Waals surface area contributed by atoms with E-state index in [4.69, 9.17) is 34.8 Å². The summed E-state index contributed by atoms with van der Waals surface area (Å²) in [7, 11) is -3.20. The Hall–Kier alpha value is -0.790. The van der Waals surface area contributed by atoms with Gasteiger partial charge in [-0.05, 0) is 23.6 Å². The molecule has 2 aromatic rings. The van der Waals surface area contributed by atoms with Crippen LogP contribution in [-0.4, -0.2) is 19.9 Å². The van der Waals surface area contributed by atoms with E-state index in [9.17, 15) is 8.42 Å². The predicted molar refractivity (Wildman–Crippen MR) is 92.6 cm³/mol. The molecule has 1 aromatic carbocycles. The SMILES string of the molecule is O=S1(=O)CCC(=NNc2c(Cl)cc(Cl)cc2Cl)c2ccsc21. The number of rotatable bonds is 2. The Bertz CT molecular complexity index is 852. The Morgan fingerprint density at radius 3 is 2.55 bits per heavy atom. The fourth-order valence-corrected chi connectivity index (χ4v) is 5.81. The van der Waals surface area contributed by atoms with E-state index in [0.29, 0.717) is 42.7 Å². The molecule has 1 aromatic heterocycles. The molecule has 0 atom stereocenters. The number of thiophene rings is 1.